The number of carboxylic acid groups (broad SMARTS) is 2. The highest BCUT2D eigenvalue weighted by molar-refractivity contribution is 5.93. The fraction of sp³-hybridized carbons (Fsp3) is 0.308. The maximum Gasteiger partial charge on any atom is 0.339 e. The van der Waals surface area contributed by atoms with Crippen molar-refractivity contribution in [2.75, 3.05) is 11.9 Å². The van der Waals surface area contributed by atoms with Crippen molar-refractivity contribution < 1.29 is 29.7 Å². The number of carbonyl (C=O) groups is 3. The molecular weight excluding hydrogens is 280 g/mol. The fourth-order valence-corrected chi connectivity index (χ4v) is 1.57. The molecule has 0 spiro atoms. The van der Waals surface area contributed by atoms with Crippen LogP contribution in [0.4, 0.5) is 10.5 Å². The predicted molar refractivity (Wildman–Crippen MR) is 73.6 cm³/mol. The van der Waals surface area contributed by atoms with Crippen LogP contribution in [-0.2, 0) is 4.79 Å². The number of carboxylic acids is 2. The molecule has 1 rings (SSSR count). The Bertz CT molecular complexity index is 543. The maximum atomic E-state index is 11.5. The summed E-state index contributed by atoms with van der Waals surface area (Å²) in [5, 5.41) is 31.6. The predicted octanol–water partition coefficient (Wildman–Crippen LogP) is 1.47. The van der Waals surface area contributed by atoms with Gasteiger partial charge in [-0.3, -0.25) is 4.79 Å². The van der Waals surface area contributed by atoms with E-state index in [-0.39, 0.29) is 17.7 Å². The number of carbonyl (C=O) groups excluding carboxylic acids is 1. The normalized spacial score (nSPS) is 9.90. The van der Waals surface area contributed by atoms with Gasteiger partial charge in [0.15, 0.2) is 0 Å². The minimum Gasteiger partial charge on any atom is -0.507 e. The summed E-state index contributed by atoms with van der Waals surface area (Å²) >= 11 is 0. The monoisotopic (exact) mass is 296 g/mol. The van der Waals surface area contributed by atoms with Crippen molar-refractivity contribution >= 4 is 23.7 Å². The quantitative estimate of drug-likeness (QED) is 0.483. The summed E-state index contributed by atoms with van der Waals surface area (Å²) in [6.07, 6.45) is 1.04. The second-order valence-corrected chi connectivity index (χ2v) is 4.27. The summed E-state index contributed by atoms with van der Waals surface area (Å²) in [6, 6.07) is 3.15. The molecule has 1 aromatic rings. The molecule has 0 radical (unpaired) electrons. The van der Waals surface area contributed by atoms with Gasteiger partial charge in [-0.25, -0.2) is 9.59 Å². The van der Waals surface area contributed by atoms with Gasteiger partial charge in [0.25, 0.3) is 0 Å². The molecule has 0 saturated heterocycles. The molecule has 0 bridgehead atoms. The third-order valence-electron chi connectivity index (χ3n) is 2.59. The van der Waals surface area contributed by atoms with E-state index in [4.69, 9.17) is 10.2 Å². The van der Waals surface area contributed by atoms with Crippen molar-refractivity contribution in [3.05, 3.63) is 23.8 Å². The zero-order valence-electron chi connectivity index (χ0n) is 11.1. The van der Waals surface area contributed by atoms with Gasteiger partial charge < -0.3 is 26.0 Å². The molecule has 21 heavy (non-hydrogen) atoms. The Balaban J connectivity index is 2.39. The lowest BCUT2D eigenvalue weighted by Gasteiger charge is -2.08. The standard InChI is InChI=1S/C13H16N2O6/c16-10-7-8(4-5-9(10)12(19)20)15-13(21)14-6-2-1-3-11(17)18/h4-5,7,16H,1-3,6H2,(H,17,18)(H,19,20)(H2,14,15,21). The summed E-state index contributed by atoms with van der Waals surface area (Å²) in [5.74, 6) is -2.59. The van der Waals surface area contributed by atoms with Gasteiger partial charge in [-0.2, -0.15) is 0 Å². The third-order valence-corrected chi connectivity index (χ3v) is 2.59. The molecule has 0 aliphatic rings. The van der Waals surface area contributed by atoms with Crippen LogP contribution in [0.25, 0.3) is 0 Å². The summed E-state index contributed by atoms with van der Waals surface area (Å²) < 4.78 is 0. The molecule has 8 nitrogen and oxygen atoms in total. The van der Waals surface area contributed by atoms with Gasteiger partial charge in [-0.05, 0) is 25.0 Å². The van der Waals surface area contributed by atoms with E-state index in [0.717, 1.165) is 6.07 Å². The molecule has 114 valence electrons. The molecule has 0 fully saturated rings. The van der Waals surface area contributed by atoms with Crippen molar-refractivity contribution in [3.8, 4) is 5.75 Å². The molecule has 0 heterocycles. The molecule has 0 aliphatic heterocycles. The molecular formula is C13H16N2O6. The van der Waals surface area contributed by atoms with Gasteiger partial charge in [0.05, 0.1) is 0 Å². The smallest absolute Gasteiger partial charge is 0.339 e. The molecule has 8 heteroatoms. The van der Waals surface area contributed by atoms with Crippen LogP contribution in [-0.4, -0.2) is 39.8 Å². The highest BCUT2D eigenvalue weighted by Gasteiger charge is 2.10. The first-order valence-corrected chi connectivity index (χ1v) is 6.23. The van der Waals surface area contributed by atoms with Crippen LogP contribution in [0, 0.1) is 0 Å². The van der Waals surface area contributed by atoms with E-state index in [9.17, 15) is 19.5 Å². The number of hydrogen-bond acceptors (Lipinski definition) is 4. The van der Waals surface area contributed by atoms with Gasteiger partial charge in [0, 0.05) is 24.7 Å². The Hall–Kier alpha value is -2.77. The van der Waals surface area contributed by atoms with E-state index in [1.807, 2.05) is 0 Å². The van der Waals surface area contributed by atoms with E-state index < -0.39 is 23.7 Å². The topological polar surface area (TPSA) is 136 Å². The highest BCUT2D eigenvalue weighted by Crippen LogP contribution is 2.21. The Kier molecular flexibility index (Phi) is 5.99. The average molecular weight is 296 g/mol. The number of nitrogens with one attached hydrogen (secondary N) is 2. The average Bonchev–Trinajstić information content (AvgIpc) is 2.37. The Labute approximate surface area is 120 Å². The summed E-state index contributed by atoms with van der Waals surface area (Å²) in [6.45, 7) is 0.318. The number of anilines is 1. The molecule has 0 saturated carbocycles. The van der Waals surface area contributed by atoms with E-state index in [1.54, 1.807) is 0 Å². The zero-order valence-corrected chi connectivity index (χ0v) is 11.1. The van der Waals surface area contributed by atoms with Crippen LogP contribution in [0.1, 0.15) is 29.6 Å². The molecule has 5 N–H and O–H groups in total. The fourth-order valence-electron chi connectivity index (χ4n) is 1.57. The van der Waals surface area contributed by atoms with Crippen LogP contribution in [0.5, 0.6) is 5.75 Å². The number of unbranched alkanes of at least 4 members (excludes halogenated alkanes) is 1. The molecule has 0 atom stereocenters. The first-order valence-electron chi connectivity index (χ1n) is 6.23. The molecule has 2 amide bonds. The first-order chi connectivity index (χ1) is 9.90. The third kappa shape index (κ3) is 5.81. The van der Waals surface area contributed by atoms with Crippen molar-refractivity contribution in [1.82, 2.24) is 5.32 Å². The zero-order chi connectivity index (χ0) is 15.8. The lowest BCUT2D eigenvalue weighted by Crippen LogP contribution is -2.29. The Morgan fingerprint density at radius 1 is 1.10 bits per heavy atom. The number of hydrogen-bond donors (Lipinski definition) is 5. The van der Waals surface area contributed by atoms with E-state index in [1.165, 1.54) is 12.1 Å². The first kappa shape index (κ1) is 16.3. The number of aliphatic carboxylic acids is 1. The second-order valence-electron chi connectivity index (χ2n) is 4.27. The summed E-state index contributed by atoms with van der Waals surface area (Å²) in [5.41, 5.74) is -0.00448. The second kappa shape index (κ2) is 7.73. The number of urea groups is 1. The van der Waals surface area contributed by atoms with Crippen molar-refractivity contribution in [1.29, 1.82) is 0 Å². The van der Waals surface area contributed by atoms with Crippen LogP contribution in [0.2, 0.25) is 0 Å². The number of benzene rings is 1. The van der Waals surface area contributed by atoms with E-state index in [0.29, 0.717) is 19.4 Å². The van der Waals surface area contributed by atoms with Gasteiger partial charge in [-0.15, -0.1) is 0 Å². The summed E-state index contributed by atoms with van der Waals surface area (Å²) in [7, 11) is 0. The van der Waals surface area contributed by atoms with Gasteiger partial charge in [0.2, 0.25) is 0 Å². The van der Waals surface area contributed by atoms with E-state index >= 15 is 0 Å². The van der Waals surface area contributed by atoms with Crippen LogP contribution in [0.15, 0.2) is 18.2 Å². The summed E-state index contributed by atoms with van der Waals surface area (Å²) in [4.78, 5) is 32.5. The molecule has 0 aromatic heterocycles. The largest absolute Gasteiger partial charge is 0.507 e. The Morgan fingerprint density at radius 3 is 2.38 bits per heavy atom. The minimum absolute atomic E-state index is 0.0494. The minimum atomic E-state index is -1.26. The van der Waals surface area contributed by atoms with Crippen molar-refractivity contribution in [2.24, 2.45) is 0 Å². The molecule has 1 aromatic carbocycles. The van der Waals surface area contributed by atoms with Crippen molar-refractivity contribution in [3.63, 3.8) is 0 Å². The van der Waals surface area contributed by atoms with Crippen LogP contribution < -0.4 is 10.6 Å². The molecule has 0 aliphatic carbocycles. The lowest BCUT2D eigenvalue weighted by molar-refractivity contribution is -0.137. The number of aromatic carboxylic acids is 1. The number of amides is 2. The number of phenols is 1. The van der Waals surface area contributed by atoms with Crippen LogP contribution >= 0.6 is 0 Å². The maximum absolute atomic E-state index is 11.5. The number of aromatic hydroxyl groups is 1. The van der Waals surface area contributed by atoms with E-state index in [2.05, 4.69) is 10.6 Å². The van der Waals surface area contributed by atoms with Crippen molar-refractivity contribution in [2.45, 2.75) is 19.3 Å². The van der Waals surface area contributed by atoms with Crippen LogP contribution in [0.3, 0.4) is 0 Å². The number of rotatable bonds is 7. The van der Waals surface area contributed by atoms with Gasteiger partial charge in [-0.1, -0.05) is 0 Å². The Morgan fingerprint density at radius 2 is 1.81 bits per heavy atom. The van der Waals surface area contributed by atoms with Gasteiger partial charge in [0.1, 0.15) is 11.3 Å². The van der Waals surface area contributed by atoms with Gasteiger partial charge >= 0.3 is 18.0 Å². The highest BCUT2D eigenvalue weighted by atomic mass is 16.4. The molecule has 0 unspecified atom stereocenters. The lowest BCUT2D eigenvalue weighted by atomic mass is 10.2. The SMILES string of the molecule is O=C(O)CCCCNC(=O)Nc1ccc(C(=O)O)c(O)c1.